The zero-order valence-electron chi connectivity index (χ0n) is 44.3. The predicted octanol–water partition coefficient (Wildman–Crippen LogP) is 16.8. The first-order chi connectivity index (χ1) is 39.3. The second kappa shape index (κ2) is 25.0. The first kappa shape index (κ1) is 56.8. The number of nitrogens with zero attached hydrogens (tertiary/aromatic N) is 4. The van der Waals surface area contributed by atoms with Crippen LogP contribution in [0.3, 0.4) is 0 Å². The molecule has 7 aromatic rings. The van der Waals surface area contributed by atoms with E-state index in [0.717, 1.165) is 45.4 Å². The average Bonchev–Trinajstić information content (AvgIpc) is 4.54. The highest BCUT2D eigenvalue weighted by Crippen LogP contribution is 2.41. The van der Waals surface area contributed by atoms with Crippen molar-refractivity contribution in [2.24, 2.45) is 5.92 Å². The van der Waals surface area contributed by atoms with E-state index >= 15 is 0 Å². The maximum atomic E-state index is 12.2. The van der Waals surface area contributed by atoms with Gasteiger partial charge in [-0.05, 0) is 182 Å². The van der Waals surface area contributed by atoms with Crippen LogP contribution in [0.2, 0.25) is 0 Å². The van der Waals surface area contributed by atoms with Crippen molar-refractivity contribution in [2.75, 3.05) is 20.0 Å². The van der Waals surface area contributed by atoms with Gasteiger partial charge in [-0.1, -0.05) is 56.1 Å². The summed E-state index contributed by atoms with van der Waals surface area (Å²) in [5, 5.41) is 2.73. The first-order valence-corrected chi connectivity index (χ1v) is 25.9. The summed E-state index contributed by atoms with van der Waals surface area (Å²) in [4.78, 5) is 28.8. The molecular weight excluding hydrogens is 1060 g/mol. The van der Waals surface area contributed by atoms with Gasteiger partial charge in [-0.25, -0.2) is 0 Å². The van der Waals surface area contributed by atoms with Crippen molar-refractivity contribution in [3.05, 3.63) is 283 Å². The molecule has 0 unspecified atom stereocenters. The summed E-state index contributed by atoms with van der Waals surface area (Å²) in [5.74, 6) is 2.13. The summed E-state index contributed by atoms with van der Waals surface area (Å²) >= 11 is 0. The van der Waals surface area contributed by atoms with Crippen LogP contribution in [0.15, 0.2) is 269 Å². The van der Waals surface area contributed by atoms with E-state index in [2.05, 4.69) is 57.6 Å². The molecule has 6 heterocycles. The molecule has 0 spiro atoms. The van der Waals surface area contributed by atoms with Crippen LogP contribution in [0, 0.1) is 5.92 Å². The summed E-state index contributed by atoms with van der Waals surface area (Å²) in [7, 11) is 0. The number of halogens is 6. The Bertz CT molecular complexity index is 3660. The van der Waals surface area contributed by atoms with Crippen molar-refractivity contribution >= 4 is 39.8 Å². The number of alkyl halides is 6. The van der Waals surface area contributed by atoms with Crippen LogP contribution in [-0.4, -0.2) is 23.2 Å². The Hall–Kier alpha value is -9.90. The van der Waals surface area contributed by atoms with Crippen molar-refractivity contribution in [3.8, 4) is 17.2 Å². The minimum absolute atomic E-state index is 0.0608. The number of rotatable bonds is 11. The average molecular weight is 1120 g/mol. The summed E-state index contributed by atoms with van der Waals surface area (Å²) in [5.41, 5.74) is 10.6. The number of hydrogen-bond donors (Lipinski definition) is 1. The molecule has 11 nitrogen and oxygen atoms in total. The van der Waals surface area contributed by atoms with Crippen LogP contribution >= 0.6 is 0 Å². The van der Waals surface area contributed by atoms with Crippen LogP contribution in [0.25, 0.3) is 16.8 Å². The smallest absolute Gasteiger partial charge is 0.464 e. The van der Waals surface area contributed by atoms with Gasteiger partial charge < -0.3 is 38.3 Å². The molecule has 5 aliphatic rings. The van der Waals surface area contributed by atoms with Crippen LogP contribution in [0.5, 0.6) is 11.5 Å². The largest absolute Gasteiger partial charge is 0.573 e. The summed E-state index contributed by atoms with van der Waals surface area (Å²) < 4.78 is 93.1. The molecule has 0 saturated heterocycles. The number of nitrogens with one attached hydrogen (secondary N) is 1. The monoisotopic (exact) mass is 1120 g/mol. The fraction of sp³-hybridized carbons (Fsp3) is 0.138. The zero-order valence-corrected chi connectivity index (χ0v) is 44.3. The number of ether oxygens (including phenoxy) is 2. The predicted molar refractivity (Wildman–Crippen MR) is 307 cm³/mol. The topological polar surface area (TPSA) is 106 Å². The Morgan fingerprint density at radius 1 is 0.537 bits per heavy atom. The lowest BCUT2D eigenvalue weighted by molar-refractivity contribution is -0.275. The zero-order chi connectivity index (χ0) is 58.0. The third-order valence-electron chi connectivity index (χ3n) is 12.9. The van der Waals surface area contributed by atoms with Crippen LogP contribution < -0.4 is 35.0 Å². The molecule has 17 heteroatoms. The van der Waals surface area contributed by atoms with Gasteiger partial charge in [0.25, 0.3) is 5.56 Å². The van der Waals surface area contributed by atoms with E-state index in [-0.39, 0.29) is 23.0 Å². The molecule has 0 bridgehead atoms. The number of amides is 1. The Kier molecular flexibility index (Phi) is 17.4. The van der Waals surface area contributed by atoms with Gasteiger partial charge in [-0.15, -0.1) is 26.3 Å². The molecule has 82 heavy (non-hydrogen) atoms. The highest BCUT2D eigenvalue weighted by Gasteiger charge is 2.32. The second-order valence-electron chi connectivity index (χ2n) is 19.2. The highest BCUT2D eigenvalue weighted by atomic mass is 19.4. The third-order valence-corrected chi connectivity index (χ3v) is 12.9. The lowest BCUT2D eigenvalue weighted by Crippen LogP contribution is -2.18. The minimum Gasteiger partial charge on any atom is -0.464 e. The second-order valence-corrected chi connectivity index (χ2v) is 19.2. The molecular formula is C65H55F6N5O6. The fourth-order valence-corrected chi connectivity index (χ4v) is 8.67. The Labute approximate surface area is 469 Å². The Morgan fingerprint density at radius 3 is 1.48 bits per heavy atom. The van der Waals surface area contributed by atoms with Gasteiger partial charge in [0.1, 0.15) is 23.0 Å². The molecule has 2 aliphatic carbocycles. The third kappa shape index (κ3) is 15.7. The van der Waals surface area contributed by atoms with E-state index in [1.807, 2.05) is 102 Å². The number of carbonyl (C=O) groups is 1. The SMILES string of the molecule is C=C1C=CC(C2CC2)=CN1c1ccc(OC(F)(F)F)cc1.C=C1C=CC(c2ccco2)=CN1c1ccc(OC(F)(F)F)cc1.C=C1C=CC(c2ccco2)=CN1c1ccccc1.CC(=O)Nc1cccc(-n2cc(C3CC3)ccc2=O)c1. The standard InChI is InChI=1S/C17H12F3NO2.C16H14F3NO.C16H16N2O2.C16H13NO/c1-12-4-5-13(16-3-2-10-22-16)11-21(12)14-6-8-15(9-7-14)23-17(18,19)20;1-11-2-3-13(12-4-5-12)10-20(11)14-6-8-15(9-7-14)21-16(17,18)19;1-11(19)17-14-3-2-4-15(9-14)18-10-13(12-5-6-12)7-8-16(18)20;1-13-9-10-14(16-8-5-11-18-16)12-17(13)15-6-3-2-4-7-15/h2-11H,1H2;2-3,6-10,12H,1,4-5H2;2-4,7-10,12H,5-6H2,1H3,(H,17,19);2-12H,1H2. The normalized spacial score (nSPS) is 15.6. The van der Waals surface area contributed by atoms with Crippen molar-refractivity contribution in [2.45, 2.75) is 51.2 Å². The maximum Gasteiger partial charge on any atom is 0.573 e. The molecule has 2 saturated carbocycles. The van der Waals surface area contributed by atoms with Gasteiger partial charge in [-0.3, -0.25) is 14.2 Å². The molecule has 12 rings (SSSR count). The maximum absolute atomic E-state index is 12.2. The van der Waals surface area contributed by atoms with Crippen molar-refractivity contribution < 1.29 is 49.4 Å². The number of hydrogen-bond acceptors (Lipinski definition) is 9. The number of furan rings is 2. The molecule has 0 atom stereocenters. The number of allylic oxidation sites excluding steroid dienone is 9. The lowest BCUT2D eigenvalue weighted by Gasteiger charge is -2.25. The van der Waals surface area contributed by atoms with Gasteiger partial charge in [0, 0.05) is 88.8 Å². The van der Waals surface area contributed by atoms with Crippen LogP contribution in [0.4, 0.5) is 49.1 Å². The molecule has 3 aromatic heterocycles. The van der Waals surface area contributed by atoms with Gasteiger partial charge >= 0.3 is 12.7 Å². The summed E-state index contributed by atoms with van der Waals surface area (Å²) in [6.45, 7) is 13.4. The minimum atomic E-state index is -4.70. The number of benzene rings is 4. The van der Waals surface area contributed by atoms with E-state index in [9.17, 15) is 35.9 Å². The molecule has 3 aliphatic heterocycles. The van der Waals surface area contributed by atoms with E-state index < -0.39 is 12.7 Å². The van der Waals surface area contributed by atoms with Gasteiger partial charge in [0.15, 0.2) is 0 Å². The Balaban J connectivity index is 0.000000132. The van der Waals surface area contributed by atoms with E-state index in [1.165, 1.54) is 80.1 Å². The number of pyridine rings is 1. The lowest BCUT2D eigenvalue weighted by atomic mass is 10.1. The summed E-state index contributed by atoms with van der Waals surface area (Å²) in [6.07, 6.45) is 18.1. The van der Waals surface area contributed by atoms with Crippen molar-refractivity contribution in [1.29, 1.82) is 0 Å². The highest BCUT2D eigenvalue weighted by molar-refractivity contribution is 5.89. The Morgan fingerprint density at radius 2 is 1.01 bits per heavy atom. The van der Waals surface area contributed by atoms with E-state index in [0.29, 0.717) is 34.7 Å². The van der Waals surface area contributed by atoms with Crippen LogP contribution in [-0.2, 0) is 4.79 Å². The number of anilines is 4. The van der Waals surface area contributed by atoms with E-state index in [4.69, 9.17) is 8.83 Å². The summed E-state index contributed by atoms with van der Waals surface area (Å²) in [6, 6.07) is 39.8. The van der Waals surface area contributed by atoms with Crippen molar-refractivity contribution in [1.82, 2.24) is 4.57 Å². The fourth-order valence-electron chi connectivity index (χ4n) is 8.67. The van der Waals surface area contributed by atoms with Gasteiger partial charge in [0.2, 0.25) is 5.91 Å². The number of carbonyl (C=O) groups excluding carboxylic acids is 1. The van der Waals surface area contributed by atoms with Crippen molar-refractivity contribution in [3.63, 3.8) is 0 Å². The van der Waals surface area contributed by atoms with E-state index in [1.54, 1.807) is 70.7 Å². The quantitative estimate of drug-likeness (QED) is 0.127. The van der Waals surface area contributed by atoms with Crippen LogP contribution in [0.1, 0.15) is 55.6 Å². The molecule has 4 aromatic carbocycles. The van der Waals surface area contributed by atoms with Gasteiger partial charge in [0.05, 0.1) is 18.2 Å². The molecule has 0 radical (unpaired) electrons. The van der Waals surface area contributed by atoms with Gasteiger partial charge in [-0.2, -0.15) is 0 Å². The number of aromatic nitrogens is 1. The first-order valence-electron chi connectivity index (χ1n) is 25.9. The molecule has 418 valence electrons. The molecule has 1 N–H and O–H groups in total. The number of para-hydroxylation sites is 1. The molecule has 2 fully saturated rings. The molecule has 1 amide bonds.